The number of amides is 2. The summed E-state index contributed by atoms with van der Waals surface area (Å²) < 4.78 is 0. The third kappa shape index (κ3) is 5.50. The molecule has 25 heavy (non-hydrogen) atoms. The summed E-state index contributed by atoms with van der Waals surface area (Å²) in [6.07, 6.45) is 0.839. The van der Waals surface area contributed by atoms with Crippen LogP contribution in [-0.2, 0) is 0 Å². The fraction of sp³-hybridized carbons (Fsp3) is 0.263. The van der Waals surface area contributed by atoms with Crippen LogP contribution < -0.4 is 16.4 Å². The molecule has 0 saturated heterocycles. The van der Waals surface area contributed by atoms with Crippen molar-refractivity contribution < 1.29 is 9.59 Å². The van der Waals surface area contributed by atoms with Crippen LogP contribution in [0.25, 0.3) is 0 Å². The Morgan fingerprint density at radius 1 is 1.00 bits per heavy atom. The van der Waals surface area contributed by atoms with Gasteiger partial charge in [-0.3, -0.25) is 9.59 Å². The van der Waals surface area contributed by atoms with Gasteiger partial charge >= 0.3 is 0 Å². The summed E-state index contributed by atoms with van der Waals surface area (Å²) in [5.41, 5.74) is 7.54. The first kappa shape index (κ1) is 20.5. The van der Waals surface area contributed by atoms with Crippen LogP contribution in [0.5, 0.6) is 0 Å². The van der Waals surface area contributed by atoms with E-state index in [4.69, 9.17) is 5.73 Å². The molecule has 0 aliphatic carbocycles. The summed E-state index contributed by atoms with van der Waals surface area (Å²) in [6.45, 7) is 5.97. The molecule has 134 valence electrons. The molecule has 0 aliphatic rings. The summed E-state index contributed by atoms with van der Waals surface area (Å²) in [5, 5.41) is 5.75. The van der Waals surface area contributed by atoms with Gasteiger partial charge in [-0.2, -0.15) is 0 Å². The van der Waals surface area contributed by atoms with Gasteiger partial charge in [0.25, 0.3) is 11.8 Å². The molecule has 2 aromatic carbocycles. The standard InChI is InChI=1S/C19H23N3O2.ClH/c1-4-19(2,3)22-17(23)13-9-11-14(12-10-13)21-18(24)15-7-5-6-8-16(15)20;/h5-12H,4,20H2,1-3H3,(H,21,24)(H,22,23);1H. The molecule has 0 aromatic heterocycles. The van der Waals surface area contributed by atoms with Gasteiger partial charge in [0.1, 0.15) is 0 Å². The number of anilines is 2. The summed E-state index contributed by atoms with van der Waals surface area (Å²) in [7, 11) is 0. The van der Waals surface area contributed by atoms with Crippen molar-refractivity contribution >= 4 is 35.6 Å². The topological polar surface area (TPSA) is 84.2 Å². The number of benzene rings is 2. The summed E-state index contributed by atoms with van der Waals surface area (Å²) in [4.78, 5) is 24.4. The van der Waals surface area contributed by atoms with Gasteiger partial charge in [0, 0.05) is 22.5 Å². The maximum Gasteiger partial charge on any atom is 0.257 e. The Hall–Kier alpha value is -2.53. The Bertz CT molecular complexity index is 743. The van der Waals surface area contributed by atoms with Crippen LogP contribution in [0.3, 0.4) is 0 Å². The van der Waals surface area contributed by atoms with E-state index in [0.717, 1.165) is 6.42 Å². The molecule has 0 radical (unpaired) electrons. The van der Waals surface area contributed by atoms with Crippen molar-refractivity contribution in [3.05, 3.63) is 59.7 Å². The van der Waals surface area contributed by atoms with E-state index in [9.17, 15) is 9.59 Å². The zero-order valence-electron chi connectivity index (χ0n) is 14.6. The van der Waals surface area contributed by atoms with Gasteiger partial charge in [0.2, 0.25) is 0 Å². The first-order chi connectivity index (χ1) is 11.3. The Kier molecular flexibility index (Phi) is 7.00. The number of hydrogen-bond donors (Lipinski definition) is 3. The van der Waals surface area contributed by atoms with Crippen molar-refractivity contribution in [2.24, 2.45) is 0 Å². The monoisotopic (exact) mass is 361 g/mol. The predicted molar refractivity (Wildman–Crippen MR) is 104 cm³/mol. The molecule has 2 aromatic rings. The van der Waals surface area contributed by atoms with Crippen molar-refractivity contribution in [3.8, 4) is 0 Å². The van der Waals surface area contributed by atoms with Crippen molar-refractivity contribution in [1.82, 2.24) is 5.32 Å². The second-order valence-electron chi connectivity index (χ2n) is 6.31. The zero-order valence-corrected chi connectivity index (χ0v) is 15.4. The van der Waals surface area contributed by atoms with Crippen LogP contribution >= 0.6 is 12.4 Å². The minimum absolute atomic E-state index is 0. The average Bonchev–Trinajstić information content (AvgIpc) is 2.55. The lowest BCUT2D eigenvalue weighted by molar-refractivity contribution is 0.0911. The largest absolute Gasteiger partial charge is 0.398 e. The van der Waals surface area contributed by atoms with Gasteiger partial charge in [-0.25, -0.2) is 0 Å². The SMILES string of the molecule is CCC(C)(C)NC(=O)c1ccc(NC(=O)c2ccccc2N)cc1.Cl. The number of hydrogen-bond acceptors (Lipinski definition) is 3. The fourth-order valence-corrected chi connectivity index (χ4v) is 2.08. The van der Waals surface area contributed by atoms with Gasteiger partial charge in [0.15, 0.2) is 0 Å². The predicted octanol–water partition coefficient (Wildman–Crippen LogP) is 3.86. The highest BCUT2D eigenvalue weighted by molar-refractivity contribution is 6.07. The summed E-state index contributed by atoms with van der Waals surface area (Å²) in [6, 6.07) is 13.6. The van der Waals surface area contributed by atoms with Crippen molar-refractivity contribution in [2.75, 3.05) is 11.1 Å². The van der Waals surface area contributed by atoms with Crippen LogP contribution in [0, 0.1) is 0 Å². The minimum Gasteiger partial charge on any atom is -0.398 e. The maximum atomic E-state index is 12.2. The molecule has 0 spiro atoms. The Morgan fingerprint density at radius 3 is 2.16 bits per heavy atom. The number of para-hydroxylation sites is 1. The molecule has 4 N–H and O–H groups in total. The quantitative estimate of drug-likeness (QED) is 0.707. The Balaban J connectivity index is 0.00000312. The van der Waals surface area contributed by atoms with Crippen LogP contribution in [0.15, 0.2) is 48.5 Å². The number of halogens is 1. The molecule has 0 aliphatic heterocycles. The molecule has 6 heteroatoms. The molecule has 2 amide bonds. The Morgan fingerprint density at radius 2 is 1.60 bits per heavy atom. The molecule has 0 bridgehead atoms. The van der Waals surface area contributed by atoms with Crippen molar-refractivity contribution in [3.63, 3.8) is 0 Å². The van der Waals surface area contributed by atoms with Gasteiger partial charge in [0.05, 0.1) is 5.56 Å². The Labute approximate surface area is 154 Å². The molecular formula is C19H24ClN3O2. The van der Waals surface area contributed by atoms with Gasteiger partial charge in [-0.05, 0) is 56.7 Å². The number of rotatable bonds is 5. The second kappa shape index (κ2) is 8.53. The molecule has 0 saturated carbocycles. The van der Waals surface area contributed by atoms with Crippen LogP contribution in [0.1, 0.15) is 47.9 Å². The van der Waals surface area contributed by atoms with E-state index in [-0.39, 0.29) is 29.8 Å². The van der Waals surface area contributed by atoms with Crippen LogP contribution in [0.4, 0.5) is 11.4 Å². The molecule has 2 rings (SSSR count). The molecule has 5 nitrogen and oxygen atoms in total. The van der Waals surface area contributed by atoms with E-state index in [1.54, 1.807) is 48.5 Å². The summed E-state index contributed by atoms with van der Waals surface area (Å²) >= 11 is 0. The van der Waals surface area contributed by atoms with Crippen molar-refractivity contribution in [1.29, 1.82) is 0 Å². The van der Waals surface area contributed by atoms with E-state index in [2.05, 4.69) is 10.6 Å². The third-order valence-electron chi connectivity index (χ3n) is 3.95. The number of nitrogens with one attached hydrogen (secondary N) is 2. The second-order valence-corrected chi connectivity index (χ2v) is 6.31. The number of carbonyl (C=O) groups excluding carboxylic acids is 2. The van der Waals surface area contributed by atoms with Crippen LogP contribution in [0.2, 0.25) is 0 Å². The normalized spacial score (nSPS) is 10.5. The first-order valence-electron chi connectivity index (χ1n) is 7.91. The van der Waals surface area contributed by atoms with E-state index < -0.39 is 0 Å². The smallest absolute Gasteiger partial charge is 0.257 e. The molecule has 0 fully saturated rings. The average molecular weight is 362 g/mol. The van der Waals surface area contributed by atoms with Gasteiger partial charge < -0.3 is 16.4 Å². The van der Waals surface area contributed by atoms with Gasteiger partial charge in [-0.1, -0.05) is 19.1 Å². The van der Waals surface area contributed by atoms with Gasteiger partial charge in [-0.15, -0.1) is 12.4 Å². The molecular weight excluding hydrogens is 338 g/mol. The highest BCUT2D eigenvalue weighted by atomic mass is 35.5. The lowest BCUT2D eigenvalue weighted by Crippen LogP contribution is -2.42. The maximum absolute atomic E-state index is 12.2. The molecule has 0 atom stereocenters. The lowest BCUT2D eigenvalue weighted by Gasteiger charge is -2.24. The van der Waals surface area contributed by atoms with Crippen molar-refractivity contribution in [2.45, 2.75) is 32.7 Å². The molecule has 0 heterocycles. The summed E-state index contributed by atoms with van der Waals surface area (Å²) in [5.74, 6) is -0.413. The van der Waals surface area contributed by atoms with Crippen LogP contribution in [-0.4, -0.2) is 17.4 Å². The van der Waals surface area contributed by atoms with E-state index in [0.29, 0.717) is 22.5 Å². The first-order valence-corrected chi connectivity index (χ1v) is 7.91. The lowest BCUT2D eigenvalue weighted by atomic mass is 10.0. The molecule has 0 unspecified atom stereocenters. The highest BCUT2D eigenvalue weighted by Crippen LogP contribution is 2.16. The number of nitrogens with two attached hydrogens (primary N) is 1. The number of nitrogen functional groups attached to an aromatic ring is 1. The number of carbonyl (C=O) groups is 2. The van der Waals surface area contributed by atoms with E-state index in [1.807, 2.05) is 20.8 Å². The van der Waals surface area contributed by atoms with E-state index in [1.165, 1.54) is 0 Å². The zero-order chi connectivity index (χ0) is 17.7. The fourth-order valence-electron chi connectivity index (χ4n) is 2.08. The third-order valence-corrected chi connectivity index (χ3v) is 3.95. The van der Waals surface area contributed by atoms with E-state index >= 15 is 0 Å². The minimum atomic E-state index is -0.280. The highest BCUT2D eigenvalue weighted by Gasteiger charge is 2.18.